The number of ether oxygens (including phenoxy) is 1. The number of aromatic amines is 1. The molecule has 0 aliphatic heterocycles. The van der Waals surface area contributed by atoms with Gasteiger partial charge in [-0.05, 0) is 59.8 Å². The van der Waals surface area contributed by atoms with E-state index in [9.17, 15) is 9.90 Å². The molecule has 1 atom stereocenters. The van der Waals surface area contributed by atoms with Crippen molar-refractivity contribution in [2.75, 3.05) is 26.2 Å². The smallest absolute Gasteiger partial charge is 0.354 e. The topological polar surface area (TPSA) is 183 Å². The van der Waals surface area contributed by atoms with E-state index in [4.69, 9.17) is 21.9 Å². The summed E-state index contributed by atoms with van der Waals surface area (Å²) < 4.78 is 7.04. The maximum atomic E-state index is 12.5. The van der Waals surface area contributed by atoms with Gasteiger partial charge in [0.05, 0.1) is 5.69 Å². The molecule has 0 aliphatic rings. The lowest BCUT2D eigenvalue weighted by molar-refractivity contribution is 0.114. The Morgan fingerprint density at radius 2 is 1.78 bits per heavy atom. The molecule has 0 unspecified atom stereocenters. The molecule has 2 aromatic heterocycles. The van der Waals surface area contributed by atoms with Crippen LogP contribution < -0.4 is 32.9 Å². The molecule has 0 saturated carbocycles. The molecule has 2 heterocycles. The third-order valence-electron chi connectivity index (χ3n) is 7.08. The molecular weight excluding hydrogens is 568 g/mol. The van der Waals surface area contributed by atoms with Crippen molar-refractivity contribution < 1.29 is 9.84 Å². The first-order valence-corrected chi connectivity index (χ1v) is 15.3. The SMILES string of the molecule is CC(C)(C)c1cc2cn(-c3ccc(CNCCCN=C(N)N)cc3)c(=O)nc2[nH]1.CC(C)(C)c1cccc(OC[C@@H](O)CN)c1. The van der Waals surface area contributed by atoms with Gasteiger partial charge in [0, 0.05) is 42.3 Å². The summed E-state index contributed by atoms with van der Waals surface area (Å²) in [6.07, 6.45) is 2.11. The third-order valence-corrected chi connectivity index (χ3v) is 7.08. The second-order valence-corrected chi connectivity index (χ2v) is 13.1. The first-order chi connectivity index (χ1) is 21.2. The number of benzene rings is 2. The van der Waals surface area contributed by atoms with Crippen molar-refractivity contribution in [1.82, 2.24) is 19.9 Å². The molecule has 2 aromatic carbocycles. The molecular formula is C34H50N8O3. The standard InChI is InChI=1S/C21H29N7O.C13H21NO2/c1-21(2,3)17-11-15-13-28(20(29)27-18(15)26-17)16-7-5-14(6-8-16)12-24-9-4-10-25-19(22)23;1-13(2,3)10-5-4-6-12(7-10)16-9-11(15)8-14/h5-8,11,13,24H,4,9-10,12H2,1-3H3,(H4,22,23,25)(H,26,27,29);4-7,11,15H,8-9,14H2,1-3H3/t;11-/m.0/s1. The van der Waals surface area contributed by atoms with Gasteiger partial charge in [0.2, 0.25) is 0 Å². The number of hydrogen-bond donors (Lipinski definition) is 6. The molecule has 11 heteroatoms. The van der Waals surface area contributed by atoms with Gasteiger partial charge in [0.15, 0.2) is 5.96 Å². The Labute approximate surface area is 265 Å². The monoisotopic (exact) mass is 618 g/mol. The number of aromatic nitrogens is 3. The zero-order chi connectivity index (χ0) is 33.2. The Balaban J connectivity index is 0.000000292. The Bertz CT molecular complexity index is 1590. The average molecular weight is 619 g/mol. The Morgan fingerprint density at radius 3 is 2.40 bits per heavy atom. The number of aliphatic hydroxyl groups excluding tert-OH is 1. The minimum absolute atomic E-state index is 0.0352. The maximum absolute atomic E-state index is 12.5. The highest BCUT2D eigenvalue weighted by Crippen LogP contribution is 2.26. The van der Waals surface area contributed by atoms with Gasteiger partial charge >= 0.3 is 5.69 Å². The van der Waals surface area contributed by atoms with Gasteiger partial charge in [-0.25, -0.2) is 4.79 Å². The summed E-state index contributed by atoms with van der Waals surface area (Å²) in [5.74, 6) is 0.901. The molecule has 9 N–H and O–H groups in total. The molecule has 244 valence electrons. The molecule has 0 saturated heterocycles. The second kappa shape index (κ2) is 15.7. The van der Waals surface area contributed by atoms with E-state index >= 15 is 0 Å². The molecule has 0 amide bonds. The van der Waals surface area contributed by atoms with Gasteiger partial charge in [-0.2, -0.15) is 4.98 Å². The summed E-state index contributed by atoms with van der Waals surface area (Å²) in [5.41, 5.74) is 20.5. The van der Waals surface area contributed by atoms with Crippen LogP contribution in [-0.2, 0) is 17.4 Å². The Morgan fingerprint density at radius 1 is 1.07 bits per heavy atom. The van der Waals surface area contributed by atoms with Crippen LogP contribution in [0.15, 0.2) is 70.6 Å². The summed E-state index contributed by atoms with van der Waals surface area (Å²) >= 11 is 0. The van der Waals surface area contributed by atoms with Crippen LogP contribution in [0.5, 0.6) is 5.75 Å². The number of hydrogen-bond acceptors (Lipinski definition) is 7. The number of H-pyrrole nitrogens is 1. The first kappa shape index (κ1) is 35.3. The normalized spacial score (nSPS) is 12.4. The van der Waals surface area contributed by atoms with E-state index in [2.05, 4.69) is 74.0 Å². The first-order valence-electron chi connectivity index (χ1n) is 15.3. The lowest BCUT2D eigenvalue weighted by Crippen LogP contribution is -2.26. The van der Waals surface area contributed by atoms with E-state index in [-0.39, 0.29) is 35.6 Å². The van der Waals surface area contributed by atoms with Gasteiger partial charge in [0.25, 0.3) is 0 Å². The van der Waals surface area contributed by atoms with Gasteiger partial charge < -0.3 is 37.3 Å². The third kappa shape index (κ3) is 11.0. The van der Waals surface area contributed by atoms with Crippen LogP contribution in [0.2, 0.25) is 0 Å². The highest BCUT2D eigenvalue weighted by molar-refractivity contribution is 5.76. The lowest BCUT2D eigenvalue weighted by atomic mass is 9.87. The largest absolute Gasteiger partial charge is 0.491 e. The number of fused-ring (bicyclic) bond motifs is 1. The molecule has 0 bridgehead atoms. The van der Waals surface area contributed by atoms with Crippen molar-refractivity contribution in [3.05, 3.63) is 88.1 Å². The number of aliphatic imine (C=N–C) groups is 1. The number of aliphatic hydroxyl groups is 1. The quantitative estimate of drug-likeness (QED) is 0.0839. The molecule has 4 rings (SSSR count). The summed E-state index contributed by atoms with van der Waals surface area (Å²) in [5, 5.41) is 13.6. The van der Waals surface area contributed by atoms with Gasteiger partial charge in [-0.3, -0.25) is 9.56 Å². The Hall–Kier alpha value is -4.19. The molecule has 0 fully saturated rings. The highest BCUT2D eigenvalue weighted by Gasteiger charge is 2.18. The predicted octanol–water partition coefficient (Wildman–Crippen LogP) is 3.45. The number of guanidine groups is 1. The fraction of sp³-hybridized carbons (Fsp3) is 0.441. The molecule has 0 spiro atoms. The number of rotatable bonds is 11. The fourth-order valence-corrected chi connectivity index (χ4v) is 4.32. The van der Waals surface area contributed by atoms with Crippen LogP contribution in [0.25, 0.3) is 16.7 Å². The van der Waals surface area contributed by atoms with Crippen molar-refractivity contribution in [2.45, 2.75) is 71.4 Å². The second-order valence-electron chi connectivity index (χ2n) is 13.1. The van der Waals surface area contributed by atoms with E-state index in [1.807, 2.05) is 48.7 Å². The van der Waals surface area contributed by atoms with Crippen molar-refractivity contribution in [3.8, 4) is 11.4 Å². The van der Waals surface area contributed by atoms with E-state index in [1.165, 1.54) is 5.56 Å². The summed E-state index contributed by atoms with van der Waals surface area (Å²) in [6.45, 7) is 15.5. The average Bonchev–Trinajstić information content (AvgIpc) is 3.41. The number of nitrogens with two attached hydrogens (primary N) is 3. The van der Waals surface area contributed by atoms with Gasteiger partial charge in [-0.1, -0.05) is 65.8 Å². The van der Waals surface area contributed by atoms with Crippen molar-refractivity contribution in [2.24, 2.45) is 22.2 Å². The van der Waals surface area contributed by atoms with Gasteiger partial charge in [0.1, 0.15) is 24.1 Å². The van der Waals surface area contributed by atoms with Gasteiger partial charge in [-0.15, -0.1) is 0 Å². The zero-order valence-corrected chi connectivity index (χ0v) is 27.4. The summed E-state index contributed by atoms with van der Waals surface area (Å²) in [7, 11) is 0. The van der Waals surface area contributed by atoms with Crippen LogP contribution in [0.1, 0.15) is 64.8 Å². The van der Waals surface area contributed by atoms with Crippen LogP contribution in [0, 0.1) is 0 Å². The fourth-order valence-electron chi connectivity index (χ4n) is 4.32. The van der Waals surface area contributed by atoms with Crippen molar-refractivity contribution in [3.63, 3.8) is 0 Å². The molecule has 4 aromatic rings. The van der Waals surface area contributed by atoms with E-state index < -0.39 is 6.10 Å². The molecule has 0 radical (unpaired) electrons. The van der Waals surface area contributed by atoms with Crippen molar-refractivity contribution >= 4 is 17.0 Å². The van der Waals surface area contributed by atoms with Crippen LogP contribution in [-0.4, -0.2) is 57.9 Å². The van der Waals surface area contributed by atoms with Crippen LogP contribution >= 0.6 is 0 Å². The van der Waals surface area contributed by atoms with Crippen LogP contribution in [0.4, 0.5) is 0 Å². The van der Waals surface area contributed by atoms with E-state index in [0.29, 0.717) is 12.2 Å². The minimum Gasteiger partial charge on any atom is -0.491 e. The maximum Gasteiger partial charge on any atom is 0.354 e. The molecule has 0 aliphatic carbocycles. The van der Waals surface area contributed by atoms with Crippen molar-refractivity contribution in [1.29, 1.82) is 0 Å². The van der Waals surface area contributed by atoms with E-state index in [0.717, 1.165) is 47.6 Å². The van der Waals surface area contributed by atoms with Crippen LogP contribution in [0.3, 0.4) is 0 Å². The zero-order valence-electron chi connectivity index (χ0n) is 27.4. The highest BCUT2D eigenvalue weighted by atomic mass is 16.5. The predicted molar refractivity (Wildman–Crippen MR) is 183 cm³/mol. The lowest BCUT2D eigenvalue weighted by Gasteiger charge is -2.20. The summed E-state index contributed by atoms with van der Waals surface area (Å²) in [4.78, 5) is 23.9. The van der Waals surface area contributed by atoms with E-state index in [1.54, 1.807) is 4.57 Å². The summed E-state index contributed by atoms with van der Waals surface area (Å²) in [6, 6.07) is 17.9. The number of nitrogens with one attached hydrogen (secondary N) is 2. The number of nitrogens with zero attached hydrogens (tertiary/aromatic N) is 3. The minimum atomic E-state index is -0.599. The molecule has 11 nitrogen and oxygen atoms in total. The molecule has 45 heavy (non-hydrogen) atoms. The Kier molecular flexibility index (Phi) is 12.3.